The fourth-order valence-corrected chi connectivity index (χ4v) is 3.24. The van der Waals surface area contributed by atoms with Crippen molar-refractivity contribution in [1.82, 2.24) is 5.32 Å². The van der Waals surface area contributed by atoms with Crippen LogP contribution in [0.15, 0.2) is 60.7 Å². The van der Waals surface area contributed by atoms with Gasteiger partial charge in [0.2, 0.25) is 5.91 Å². The van der Waals surface area contributed by atoms with Crippen molar-refractivity contribution in [2.24, 2.45) is 5.73 Å². The summed E-state index contributed by atoms with van der Waals surface area (Å²) in [5.41, 5.74) is 16.4. The number of amides is 3. The minimum Gasteiger partial charge on any atom is -0.398 e. The molecule has 0 atom stereocenters. The number of anilines is 2. The monoisotopic (exact) mass is 422 g/mol. The largest absolute Gasteiger partial charge is 0.398 e. The molecule has 30 heavy (non-hydrogen) atoms. The molecule has 3 amide bonds. The summed E-state index contributed by atoms with van der Waals surface area (Å²) in [6.45, 7) is 3.78. The zero-order chi connectivity index (χ0) is 21.8. The summed E-state index contributed by atoms with van der Waals surface area (Å²) in [6, 6.07) is 17.7. The van der Waals surface area contributed by atoms with Gasteiger partial charge in [0.1, 0.15) is 0 Å². The molecule has 0 heterocycles. The van der Waals surface area contributed by atoms with Crippen LogP contribution in [0.2, 0.25) is 5.02 Å². The Labute approximate surface area is 180 Å². The molecule has 7 heteroatoms. The van der Waals surface area contributed by atoms with Crippen LogP contribution in [0.1, 0.15) is 24.2 Å². The Balaban J connectivity index is 1.96. The first kappa shape index (κ1) is 21.2. The first-order chi connectivity index (χ1) is 14.2. The summed E-state index contributed by atoms with van der Waals surface area (Å²) < 4.78 is 0. The van der Waals surface area contributed by atoms with Gasteiger partial charge in [0.25, 0.3) is 0 Å². The van der Waals surface area contributed by atoms with Gasteiger partial charge in [0, 0.05) is 33.6 Å². The van der Waals surface area contributed by atoms with Crippen LogP contribution in [-0.4, -0.2) is 18.0 Å². The van der Waals surface area contributed by atoms with E-state index in [1.807, 2.05) is 38.1 Å². The molecule has 0 spiro atoms. The summed E-state index contributed by atoms with van der Waals surface area (Å²) in [5.74, 6) is -0.533. The number of hydrogen-bond donors (Lipinski definition) is 4. The number of halogens is 1. The van der Waals surface area contributed by atoms with Crippen molar-refractivity contribution in [2.75, 3.05) is 11.1 Å². The van der Waals surface area contributed by atoms with Gasteiger partial charge in [-0.15, -0.1) is 0 Å². The first-order valence-corrected chi connectivity index (χ1v) is 9.79. The van der Waals surface area contributed by atoms with Crippen molar-refractivity contribution in [3.8, 4) is 22.3 Å². The summed E-state index contributed by atoms with van der Waals surface area (Å²) in [4.78, 5) is 23.7. The summed E-state index contributed by atoms with van der Waals surface area (Å²) in [5, 5.41) is 6.08. The molecule has 3 aromatic carbocycles. The number of primary amides is 1. The summed E-state index contributed by atoms with van der Waals surface area (Å²) in [6.07, 6.45) is 0. The van der Waals surface area contributed by atoms with Crippen LogP contribution in [0, 0.1) is 0 Å². The molecular formula is C23H23ClN4O2. The summed E-state index contributed by atoms with van der Waals surface area (Å²) >= 11 is 6.00. The van der Waals surface area contributed by atoms with Crippen LogP contribution in [0.5, 0.6) is 0 Å². The second-order valence-corrected chi connectivity index (χ2v) is 7.66. The minimum atomic E-state index is -0.533. The number of urea groups is 1. The van der Waals surface area contributed by atoms with E-state index in [4.69, 9.17) is 23.1 Å². The van der Waals surface area contributed by atoms with Crippen LogP contribution in [0.25, 0.3) is 22.3 Å². The van der Waals surface area contributed by atoms with Crippen molar-refractivity contribution in [3.63, 3.8) is 0 Å². The van der Waals surface area contributed by atoms with Gasteiger partial charge in [0.05, 0.1) is 0 Å². The average molecular weight is 423 g/mol. The number of hydrogen-bond acceptors (Lipinski definition) is 3. The smallest absolute Gasteiger partial charge is 0.319 e. The van der Waals surface area contributed by atoms with Crippen LogP contribution in [0.3, 0.4) is 0 Å². The van der Waals surface area contributed by atoms with Gasteiger partial charge in [-0.1, -0.05) is 29.8 Å². The highest BCUT2D eigenvalue weighted by atomic mass is 35.5. The van der Waals surface area contributed by atoms with E-state index in [2.05, 4.69) is 10.6 Å². The molecule has 0 unspecified atom stereocenters. The Morgan fingerprint density at radius 2 is 1.57 bits per heavy atom. The third-order valence-electron chi connectivity index (χ3n) is 4.44. The molecule has 0 bridgehead atoms. The van der Waals surface area contributed by atoms with Gasteiger partial charge in [-0.25, -0.2) is 4.79 Å². The lowest BCUT2D eigenvalue weighted by Crippen LogP contribution is -2.34. The number of nitrogens with two attached hydrogens (primary N) is 2. The molecule has 6 nitrogen and oxygen atoms in total. The highest BCUT2D eigenvalue weighted by molar-refractivity contribution is 6.31. The second-order valence-electron chi connectivity index (χ2n) is 7.23. The third-order valence-corrected chi connectivity index (χ3v) is 4.67. The molecule has 3 aromatic rings. The lowest BCUT2D eigenvalue weighted by molar-refractivity contribution is 0.100. The van der Waals surface area contributed by atoms with E-state index in [1.165, 1.54) is 0 Å². The SMILES string of the molecule is CC(C)NC(=O)Nc1ccc(-c2cc(C(N)=O)cc(-c3ccc(Cl)cc3N)c2)cc1. The Hall–Kier alpha value is -3.51. The Kier molecular flexibility index (Phi) is 6.28. The Bertz CT molecular complexity index is 1090. The van der Waals surface area contributed by atoms with E-state index in [9.17, 15) is 9.59 Å². The molecule has 6 N–H and O–H groups in total. The molecule has 0 saturated heterocycles. The highest BCUT2D eigenvalue weighted by Gasteiger charge is 2.11. The maximum absolute atomic E-state index is 11.9. The lowest BCUT2D eigenvalue weighted by Gasteiger charge is -2.13. The van der Waals surface area contributed by atoms with Crippen molar-refractivity contribution in [1.29, 1.82) is 0 Å². The van der Waals surface area contributed by atoms with E-state index >= 15 is 0 Å². The number of carbonyl (C=O) groups excluding carboxylic acids is 2. The lowest BCUT2D eigenvalue weighted by atomic mass is 9.95. The van der Waals surface area contributed by atoms with E-state index in [0.717, 1.165) is 22.3 Å². The summed E-state index contributed by atoms with van der Waals surface area (Å²) in [7, 11) is 0. The predicted molar refractivity (Wildman–Crippen MR) is 123 cm³/mol. The maximum atomic E-state index is 11.9. The molecule has 0 radical (unpaired) electrons. The number of carbonyl (C=O) groups is 2. The first-order valence-electron chi connectivity index (χ1n) is 9.41. The van der Waals surface area contributed by atoms with Gasteiger partial charge in [0.15, 0.2) is 0 Å². The van der Waals surface area contributed by atoms with Crippen molar-refractivity contribution < 1.29 is 9.59 Å². The fourth-order valence-electron chi connectivity index (χ4n) is 3.06. The average Bonchev–Trinajstić information content (AvgIpc) is 2.67. The van der Waals surface area contributed by atoms with E-state index in [-0.39, 0.29) is 12.1 Å². The molecule has 0 aliphatic heterocycles. The Morgan fingerprint density at radius 1 is 0.900 bits per heavy atom. The highest BCUT2D eigenvalue weighted by Crippen LogP contribution is 2.33. The van der Waals surface area contributed by atoms with Crippen LogP contribution in [-0.2, 0) is 0 Å². The third kappa shape index (κ3) is 5.10. The van der Waals surface area contributed by atoms with Gasteiger partial charge in [-0.2, -0.15) is 0 Å². The number of nitrogen functional groups attached to an aromatic ring is 1. The number of nitrogens with one attached hydrogen (secondary N) is 2. The van der Waals surface area contributed by atoms with Crippen LogP contribution in [0.4, 0.5) is 16.2 Å². The van der Waals surface area contributed by atoms with Crippen LogP contribution >= 0.6 is 11.6 Å². The van der Waals surface area contributed by atoms with E-state index < -0.39 is 5.91 Å². The van der Waals surface area contributed by atoms with Gasteiger partial charge < -0.3 is 22.1 Å². The zero-order valence-corrected chi connectivity index (χ0v) is 17.5. The molecule has 0 fully saturated rings. The molecule has 0 saturated carbocycles. The van der Waals surface area contributed by atoms with Crippen molar-refractivity contribution in [2.45, 2.75) is 19.9 Å². The van der Waals surface area contributed by atoms with Crippen molar-refractivity contribution in [3.05, 3.63) is 71.2 Å². The molecule has 154 valence electrons. The molecule has 0 aromatic heterocycles. The van der Waals surface area contributed by atoms with E-state index in [1.54, 1.807) is 36.4 Å². The quantitative estimate of drug-likeness (QED) is 0.439. The fraction of sp³-hybridized carbons (Fsp3) is 0.130. The normalized spacial score (nSPS) is 10.7. The Morgan fingerprint density at radius 3 is 2.17 bits per heavy atom. The zero-order valence-electron chi connectivity index (χ0n) is 16.7. The molecular weight excluding hydrogens is 400 g/mol. The topological polar surface area (TPSA) is 110 Å². The van der Waals surface area contributed by atoms with Gasteiger partial charge >= 0.3 is 6.03 Å². The minimum absolute atomic E-state index is 0.0412. The van der Waals surface area contributed by atoms with E-state index in [0.29, 0.717) is 22.0 Å². The number of rotatable bonds is 5. The predicted octanol–water partition coefficient (Wildman–Crippen LogP) is 4.89. The van der Waals surface area contributed by atoms with Gasteiger partial charge in [-0.3, -0.25) is 4.79 Å². The molecule has 0 aliphatic rings. The van der Waals surface area contributed by atoms with Crippen LogP contribution < -0.4 is 22.1 Å². The second kappa shape index (κ2) is 8.88. The molecule has 3 rings (SSSR count). The standard InChI is InChI=1S/C23H23ClN4O2/c1-13(2)27-23(30)28-19-6-3-14(4-7-19)15-9-16(11-17(10-15)22(26)29)20-8-5-18(24)12-21(20)25/h3-13H,25H2,1-2H3,(H2,26,29)(H2,27,28,30). The van der Waals surface area contributed by atoms with Crippen molar-refractivity contribution >= 4 is 34.9 Å². The maximum Gasteiger partial charge on any atom is 0.319 e. The molecule has 0 aliphatic carbocycles. The van der Waals surface area contributed by atoms with Gasteiger partial charge in [-0.05, 0) is 73.0 Å². The number of benzene rings is 3.